The largest absolute Gasteiger partial charge is 0.443 e. The van der Waals surface area contributed by atoms with Gasteiger partial charge >= 0.3 is 0 Å². The fraction of sp³-hybridized carbons (Fsp3) is 0.688. The van der Waals surface area contributed by atoms with Crippen LogP contribution in [0.15, 0.2) is 15.6 Å². The van der Waals surface area contributed by atoms with Gasteiger partial charge in [-0.3, -0.25) is 9.79 Å². The molecule has 1 amide bonds. The second kappa shape index (κ2) is 7.48. The zero-order chi connectivity index (χ0) is 17.7. The van der Waals surface area contributed by atoms with Crippen LogP contribution in [0, 0.1) is 0 Å². The highest BCUT2D eigenvalue weighted by atomic mass is 16.4. The van der Waals surface area contributed by atoms with Crippen molar-refractivity contribution in [2.24, 2.45) is 4.99 Å². The number of nitrogens with one attached hydrogen (secondary N) is 3. The lowest BCUT2D eigenvalue weighted by Crippen LogP contribution is -2.48. The minimum absolute atomic E-state index is 0.0732. The van der Waals surface area contributed by atoms with Crippen molar-refractivity contribution in [1.29, 1.82) is 0 Å². The first-order valence-corrected chi connectivity index (χ1v) is 7.72. The van der Waals surface area contributed by atoms with E-state index in [-0.39, 0.29) is 23.4 Å². The van der Waals surface area contributed by atoms with E-state index in [1.54, 1.807) is 13.2 Å². The number of hydrogen-bond acceptors (Lipinski definition) is 4. The molecule has 7 nitrogen and oxygen atoms in total. The van der Waals surface area contributed by atoms with Gasteiger partial charge in [0.05, 0.1) is 19.3 Å². The van der Waals surface area contributed by atoms with Crippen LogP contribution in [0.3, 0.4) is 0 Å². The summed E-state index contributed by atoms with van der Waals surface area (Å²) in [5, 5.41) is 8.91. The Balaban J connectivity index is 2.46. The van der Waals surface area contributed by atoms with Gasteiger partial charge in [0.25, 0.3) is 0 Å². The molecule has 1 heterocycles. The van der Waals surface area contributed by atoms with Crippen LogP contribution in [0.25, 0.3) is 0 Å². The van der Waals surface area contributed by atoms with Gasteiger partial charge in [-0.25, -0.2) is 4.98 Å². The van der Waals surface area contributed by atoms with E-state index in [2.05, 4.69) is 46.7 Å². The smallest absolute Gasteiger partial charge is 0.239 e. The normalized spacial score (nSPS) is 12.9. The maximum atomic E-state index is 11.8. The molecule has 3 N–H and O–H groups in total. The minimum Gasteiger partial charge on any atom is -0.443 e. The Labute approximate surface area is 138 Å². The highest BCUT2D eigenvalue weighted by molar-refractivity contribution is 5.86. The van der Waals surface area contributed by atoms with Crippen LogP contribution in [0.2, 0.25) is 0 Å². The molecule has 130 valence electrons. The maximum Gasteiger partial charge on any atom is 0.239 e. The molecule has 0 spiro atoms. The number of carbonyl (C=O) groups is 1. The number of amides is 1. The summed E-state index contributed by atoms with van der Waals surface area (Å²) in [6, 6.07) is 0. The van der Waals surface area contributed by atoms with Gasteiger partial charge in [-0.1, -0.05) is 20.8 Å². The summed E-state index contributed by atoms with van der Waals surface area (Å²) < 4.78 is 5.70. The zero-order valence-corrected chi connectivity index (χ0v) is 15.2. The number of rotatable bonds is 4. The number of nitrogens with zero attached hydrogens (tertiary/aromatic N) is 2. The van der Waals surface area contributed by atoms with Crippen LogP contribution in [0.1, 0.15) is 53.2 Å². The first kappa shape index (κ1) is 19.0. The molecule has 0 aliphatic heterocycles. The molecule has 0 saturated carbocycles. The van der Waals surface area contributed by atoms with Crippen LogP contribution in [0.5, 0.6) is 0 Å². The summed E-state index contributed by atoms with van der Waals surface area (Å²) in [7, 11) is 1.65. The van der Waals surface area contributed by atoms with Crippen molar-refractivity contribution < 1.29 is 9.21 Å². The Hall–Kier alpha value is -2.05. The SMILES string of the molecule is CN=C(NCC(=O)NC(C)(C)C)NCc1ncc(C(C)(C)C)o1. The van der Waals surface area contributed by atoms with E-state index in [9.17, 15) is 4.79 Å². The van der Waals surface area contributed by atoms with Gasteiger partial charge in [0, 0.05) is 18.0 Å². The fourth-order valence-electron chi connectivity index (χ4n) is 1.75. The van der Waals surface area contributed by atoms with Crippen molar-refractivity contribution in [3.8, 4) is 0 Å². The van der Waals surface area contributed by atoms with E-state index >= 15 is 0 Å². The third-order valence-corrected chi connectivity index (χ3v) is 2.85. The third-order valence-electron chi connectivity index (χ3n) is 2.85. The molecule has 1 rings (SSSR count). The van der Waals surface area contributed by atoms with E-state index in [0.29, 0.717) is 18.4 Å². The lowest BCUT2D eigenvalue weighted by Gasteiger charge is -2.21. The first-order chi connectivity index (χ1) is 10.5. The van der Waals surface area contributed by atoms with Gasteiger partial charge < -0.3 is 20.4 Å². The predicted octanol–water partition coefficient (Wildman–Crippen LogP) is 1.55. The fourth-order valence-corrected chi connectivity index (χ4v) is 1.75. The van der Waals surface area contributed by atoms with E-state index < -0.39 is 0 Å². The molecule has 0 atom stereocenters. The summed E-state index contributed by atoms with van der Waals surface area (Å²) in [4.78, 5) is 20.1. The number of aliphatic imine (C=N–C) groups is 1. The van der Waals surface area contributed by atoms with E-state index in [1.807, 2.05) is 20.8 Å². The van der Waals surface area contributed by atoms with E-state index in [4.69, 9.17) is 4.42 Å². The summed E-state index contributed by atoms with van der Waals surface area (Å²) in [5.74, 6) is 1.84. The number of hydrogen-bond donors (Lipinski definition) is 3. The molecule has 1 aromatic heterocycles. The topological polar surface area (TPSA) is 91.5 Å². The quantitative estimate of drug-likeness (QED) is 0.578. The first-order valence-electron chi connectivity index (χ1n) is 7.72. The third kappa shape index (κ3) is 7.17. The Bertz CT molecular complexity index is 550. The molecule has 0 aliphatic rings. The highest BCUT2D eigenvalue weighted by Crippen LogP contribution is 2.22. The van der Waals surface area contributed by atoms with Crippen molar-refractivity contribution in [3.05, 3.63) is 17.8 Å². The van der Waals surface area contributed by atoms with Crippen molar-refractivity contribution >= 4 is 11.9 Å². The van der Waals surface area contributed by atoms with Crippen molar-refractivity contribution in [3.63, 3.8) is 0 Å². The molecule has 0 unspecified atom stereocenters. The van der Waals surface area contributed by atoms with Crippen molar-refractivity contribution in [2.45, 2.75) is 59.0 Å². The Morgan fingerprint density at radius 1 is 1.22 bits per heavy atom. The van der Waals surface area contributed by atoms with Gasteiger partial charge in [-0.05, 0) is 20.8 Å². The number of guanidine groups is 1. The Morgan fingerprint density at radius 3 is 2.35 bits per heavy atom. The zero-order valence-electron chi connectivity index (χ0n) is 15.2. The molecule has 0 bridgehead atoms. The van der Waals surface area contributed by atoms with Gasteiger partial charge in [-0.2, -0.15) is 0 Å². The van der Waals surface area contributed by atoms with Crippen LogP contribution in [-0.4, -0.2) is 36.0 Å². The predicted molar refractivity (Wildman–Crippen MR) is 91.3 cm³/mol. The van der Waals surface area contributed by atoms with Crippen molar-refractivity contribution in [1.82, 2.24) is 20.9 Å². The summed E-state index contributed by atoms with van der Waals surface area (Å²) in [6.07, 6.45) is 1.74. The lowest BCUT2D eigenvalue weighted by molar-refractivity contribution is -0.121. The maximum absolute atomic E-state index is 11.8. The summed E-state index contributed by atoms with van der Waals surface area (Å²) in [6.45, 7) is 12.6. The van der Waals surface area contributed by atoms with Gasteiger partial charge in [-0.15, -0.1) is 0 Å². The van der Waals surface area contributed by atoms with Gasteiger partial charge in [0.15, 0.2) is 5.96 Å². The lowest BCUT2D eigenvalue weighted by atomic mass is 9.94. The number of aromatic nitrogens is 1. The standard InChI is InChI=1S/C16H29N5O2/c1-15(2,3)11-8-18-13(23-11)10-20-14(17-7)19-9-12(22)21-16(4,5)6/h8H,9-10H2,1-7H3,(H,21,22)(H2,17,19,20). The van der Waals surface area contributed by atoms with Crippen molar-refractivity contribution in [2.75, 3.05) is 13.6 Å². The van der Waals surface area contributed by atoms with E-state index in [0.717, 1.165) is 5.76 Å². The second-order valence-corrected chi connectivity index (χ2v) is 7.45. The molecule has 0 saturated heterocycles. The summed E-state index contributed by atoms with van der Waals surface area (Å²) in [5.41, 5.74) is -0.326. The number of oxazole rings is 1. The number of carbonyl (C=O) groups excluding carboxylic acids is 1. The van der Waals surface area contributed by atoms with E-state index in [1.165, 1.54) is 0 Å². The van der Waals surface area contributed by atoms with Gasteiger partial charge in [0.1, 0.15) is 5.76 Å². The molecule has 0 aliphatic carbocycles. The minimum atomic E-state index is -0.253. The van der Waals surface area contributed by atoms with Crippen LogP contribution in [-0.2, 0) is 16.8 Å². The Morgan fingerprint density at radius 2 is 1.87 bits per heavy atom. The van der Waals surface area contributed by atoms with Crippen LogP contribution >= 0.6 is 0 Å². The molecular weight excluding hydrogens is 294 g/mol. The second-order valence-electron chi connectivity index (χ2n) is 7.45. The molecule has 0 radical (unpaired) electrons. The van der Waals surface area contributed by atoms with Crippen LogP contribution < -0.4 is 16.0 Å². The molecule has 23 heavy (non-hydrogen) atoms. The molecule has 1 aromatic rings. The molecular formula is C16H29N5O2. The average Bonchev–Trinajstić information content (AvgIpc) is 2.85. The summed E-state index contributed by atoms with van der Waals surface area (Å²) >= 11 is 0. The van der Waals surface area contributed by atoms with Crippen LogP contribution in [0.4, 0.5) is 0 Å². The molecule has 0 fully saturated rings. The molecule has 0 aromatic carbocycles. The Kier molecular flexibility index (Phi) is 6.18. The average molecular weight is 323 g/mol. The molecule has 7 heteroatoms. The monoisotopic (exact) mass is 323 g/mol. The van der Waals surface area contributed by atoms with Gasteiger partial charge in [0.2, 0.25) is 11.8 Å². The highest BCUT2D eigenvalue weighted by Gasteiger charge is 2.19.